The first-order valence-electron chi connectivity index (χ1n) is 9.38. The number of hydrogen-bond acceptors (Lipinski definition) is 3. The molecule has 0 radical (unpaired) electrons. The molecule has 0 spiro atoms. The molecule has 3 N–H and O–H groups in total. The molecule has 1 fully saturated rings. The third-order valence-corrected chi connectivity index (χ3v) is 5.44. The average molecular weight is 383 g/mol. The van der Waals surface area contributed by atoms with E-state index in [9.17, 15) is 14.0 Å². The van der Waals surface area contributed by atoms with Crippen LogP contribution in [0.4, 0.5) is 14.0 Å². The molecule has 0 aromatic heterocycles. The van der Waals surface area contributed by atoms with Crippen LogP contribution in [0.2, 0.25) is 0 Å². The first-order valence-corrected chi connectivity index (χ1v) is 9.38. The number of benzene rings is 2. The number of urea groups is 1. The normalized spacial score (nSPS) is 23.3. The SMILES string of the molecule is NC(=O)OC1CC(NC(=O)N2CCc3ccccc3[C@@H]2c2ccc(F)cc2)C1. The van der Waals surface area contributed by atoms with Crippen LogP contribution in [0, 0.1) is 5.82 Å². The summed E-state index contributed by atoms with van der Waals surface area (Å²) in [4.78, 5) is 25.6. The summed E-state index contributed by atoms with van der Waals surface area (Å²) in [5.41, 5.74) is 8.14. The average Bonchev–Trinajstić information content (AvgIpc) is 2.65. The lowest BCUT2D eigenvalue weighted by atomic mass is 9.87. The maximum atomic E-state index is 13.4. The van der Waals surface area contributed by atoms with Crippen molar-refractivity contribution in [1.82, 2.24) is 10.2 Å². The van der Waals surface area contributed by atoms with Gasteiger partial charge in [0.15, 0.2) is 0 Å². The number of rotatable bonds is 3. The lowest BCUT2D eigenvalue weighted by Crippen LogP contribution is -2.54. The Morgan fingerprint density at radius 1 is 1.11 bits per heavy atom. The Morgan fingerprint density at radius 2 is 1.82 bits per heavy atom. The van der Waals surface area contributed by atoms with E-state index in [0.717, 1.165) is 17.5 Å². The summed E-state index contributed by atoms with van der Waals surface area (Å²) in [5.74, 6) is -0.307. The van der Waals surface area contributed by atoms with E-state index in [2.05, 4.69) is 11.4 Å². The molecule has 1 heterocycles. The van der Waals surface area contributed by atoms with E-state index >= 15 is 0 Å². The van der Waals surface area contributed by atoms with Crippen LogP contribution in [-0.2, 0) is 11.2 Å². The van der Waals surface area contributed by atoms with Gasteiger partial charge < -0.3 is 20.7 Å². The van der Waals surface area contributed by atoms with Crippen molar-refractivity contribution >= 4 is 12.1 Å². The number of nitrogens with two attached hydrogens (primary N) is 1. The maximum Gasteiger partial charge on any atom is 0.404 e. The van der Waals surface area contributed by atoms with Crippen molar-refractivity contribution in [3.8, 4) is 0 Å². The number of halogens is 1. The van der Waals surface area contributed by atoms with Gasteiger partial charge in [0.2, 0.25) is 0 Å². The van der Waals surface area contributed by atoms with Crippen LogP contribution < -0.4 is 11.1 Å². The minimum atomic E-state index is -0.793. The number of nitrogens with zero attached hydrogens (tertiary/aromatic N) is 1. The number of nitrogens with one attached hydrogen (secondary N) is 1. The van der Waals surface area contributed by atoms with Crippen LogP contribution in [0.5, 0.6) is 0 Å². The Bertz CT molecular complexity index is 881. The van der Waals surface area contributed by atoms with E-state index in [-0.39, 0.29) is 30.0 Å². The van der Waals surface area contributed by atoms with Gasteiger partial charge >= 0.3 is 12.1 Å². The molecule has 6 nitrogen and oxygen atoms in total. The zero-order valence-corrected chi connectivity index (χ0v) is 15.3. The first kappa shape index (κ1) is 18.3. The molecule has 0 bridgehead atoms. The predicted molar refractivity (Wildman–Crippen MR) is 101 cm³/mol. The van der Waals surface area contributed by atoms with E-state index in [1.54, 1.807) is 17.0 Å². The van der Waals surface area contributed by atoms with Gasteiger partial charge in [0, 0.05) is 25.4 Å². The Labute approximate surface area is 162 Å². The van der Waals surface area contributed by atoms with Gasteiger partial charge in [-0.3, -0.25) is 0 Å². The highest BCUT2D eigenvalue weighted by atomic mass is 19.1. The summed E-state index contributed by atoms with van der Waals surface area (Å²) in [6.45, 7) is 0.568. The van der Waals surface area contributed by atoms with E-state index in [1.165, 1.54) is 17.7 Å². The van der Waals surface area contributed by atoms with Crippen molar-refractivity contribution < 1.29 is 18.7 Å². The van der Waals surface area contributed by atoms with Gasteiger partial charge in [-0.15, -0.1) is 0 Å². The highest BCUT2D eigenvalue weighted by molar-refractivity contribution is 5.76. The maximum absolute atomic E-state index is 13.4. The van der Waals surface area contributed by atoms with Crippen molar-refractivity contribution in [1.29, 1.82) is 0 Å². The third-order valence-electron chi connectivity index (χ3n) is 5.44. The minimum Gasteiger partial charge on any atom is -0.446 e. The number of carbonyl (C=O) groups is 2. The molecule has 2 aromatic rings. The molecule has 7 heteroatoms. The minimum absolute atomic E-state index is 0.0529. The highest BCUT2D eigenvalue weighted by Crippen LogP contribution is 2.35. The number of fused-ring (bicyclic) bond motifs is 1. The lowest BCUT2D eigenvalue weighted by Gasteiger charge is -2.41. The molecule has 2 aliphatic rings. The summed E-state index contributed by atoms with van der Waals surface area (Å²) in [7, 11) is 0. The number of amides is 3. The fourth-order valence-electron chi connectivity index (χ4n) is 3.99. The van der Waals surface area contributed by atoms with Crippen molar-refractivity contribution in [3.05, 3.63) is 71.0 Å². The van der Waals surface area contributed by atoms with E-state index in [0.29, 0.717) is 19.4 Å². The van der Waals surface area contributed by atoms with Crippen LogP contribution in [0.3, 0.4) is 0 Å². The predicted octanol–water partition coefficient (Wildman–Crippen LogP) is 3.11. The molecule has 1 aliphatic carbocycles. The summed E-state index contributed by atoms with van der Waals surface area (Å²) in [6, 6.07) is 13.8. The van der Waals surface area contributed by atoms with Gasteiger partial charge in [0.05, 0.1) is 6.04 Å². The standard InChI is InChI=1S/C21H22FN3O3/c22-15-7-5-14(6-8-15)19-18-4-2-1-3-13(18)9-10-25(19)21(27)24-16-11-17(12-16)28-20(23)26/h1-8,16-17,19H,9-12H2,(H2,23,26)(H,24,27)/t16?,17?,19-/m0/s1. The number of carbonyl (C=O) groups excluding carboxylic acids is 2. The van der Waals surface area contributed by atoms with Crippen molar-refractivity contribution in [2.24, 2.45) is 5.73 Å². The molecule has 28 heavy (non-hydrogen) atoms. The Morgan fingerprint density at radius 3 is 2.54 bits per heavy atom. The molecular weight excluding hydrogens is 361 g/mol. The first-order chi connectivity index (χ1) is 13.5. The summed E-state index contributed by atoms with van der Waals surface area (Å²) >= 11 is 0. The van der Waals surface area contributed by atoms with Crippen LogP contribution in [-0.4, -0.2) is 35.7 Å². The van der Waals surface area contributed by atoms with Gasteiger partial charge in [-0.05, 0) is 35.2 Å². The van der Waals surface area contributed by atoms with Crippen molar-refractivity contribution in [2.45, 2.75) is 37.5 Å². The van der Waals surface area contributed by atoms with Crippen molar-refractivity contribution in [2.75, 3.05) is 6.54 Å². The Balaban J connectivity index is 1.53. The van der Waals surface area contributed by atoms with Gasteiger partial charge in [-0.2, -0.15) is 0 Å². The van der Waals surface area contributed by atoms with Gasteiger partial charge in [-0.1, -0.05) is 36.4 Å². The zero-order chi connectivity index (χ0) is 19.7. The molecular formula is C21H22FN3O3. The largest absolute Gasteiger partial charge is 0.446 e. The molecule has 1 saturated carbocycles. The van der Waals surface area contributed by atoms with Gasteiger partial charge in [0.1, 0.15) is 11.9 Å². The van der Waals surface area contributed by atoms with Crippen LogP contribution in [0.25, 0.3) is 0 Å². The van der Waals surface area contributed by atoms with E-state index in [1.807, 2.05) is 18.2 Å². The fourth-order valence-corrected chi connectivity index (χ4v) is 3.99. The number of ether oxygens (including phenoxy) is 1. The summed E-state index contributed by atoms with van der Waals surface area (Å²) in [6.07, 6.45) is 0.844. The zero-order valence-electron chi connectivity index (χ0n) is 15.3. The molecule has 0 unspecified atom stereocenters. The number of primary amides is 1. The second kappa shape index (κ2) is 7.50. The van der Waals surface area contributed by atoms with Crippen LogP contribution in [0.15, 0.2) is 48.5 Å². The van der Waals surface area contributed by atoms with Crippen LogP contribution >= 0.6 is 0 Å². The summed E-state index contributed by atoms with van der Waals surface area (Å²) in [5, 5.41) is 3.01. The van der Waals surface area contributed by atoms with E-state index in [4.69, 9.17) is 10.5 Å². The third kappa shape index (κ3) is 3.65. The fraction of sp³-hybridized carbons (Fsp3) is 0.333. The van der Waals surface area contributed by atoms with Crippen LogP contribution in [0.1, 0.15) is 35.6 Å². The van der Waals surface area contributed by atoms with E-state index < -0.39 is 6.09 Å². The quantitative estimate of drug-likeness (QED) is 0.854. The number of hydrogen-bond donors (Lipinski definition) is 2. The van der Waals surface area contributed by atoms with Crippen molar-refractivity contribution in [3.63, 3.8) is 0 Å². The highest BCUT2D eigenvalue weighted by Gasteiger charge is 2.37. The smallest absolute Gasteiger partial charge is 0.404 e. The van der Waals surface area contributed by atoms with Gasteiger partial charge in [0.25, 0.3) is 0 Å². The topological polar surface area (TPSA) is 84.7 Å². The molecule has 1 atom stereocenters. The summed E-state index contributed by atoms with van der Waals surface area (Å²) < 4.78 is 18.4. The molecule has 4 rings (SSSR count). The molecule has 146 valence electrons. The van der Waals surface area contributed by atoms with Gasteiger partial charge in [-0.25, -0.2) is 14.0 Å². The monoisotopic (exact) mass is 383 g/mol. The molecule has 1 aliphatic heterocycles. The Hall–Kier alpha value is -3.09. The second-order valence-electron chi connectivity index (χ2n) is 7.27. The molecule has 0 saturated heterocycles. The molecule has 3 amide bonds. The molecule has 2 aromatic carbocycles. The lowest BCUT2D eigenvalue weighted by molar-refractivity contribution is 0.0382. The second-order valence-corrected chi connectivity index (χ2v) is 7.27. The Kier molecular flexibility index (Phi) is 4.90.